The van der Waals surface area contributed by atoms with Gasteiger partial charge in [0.15, 0.2) is 11.5 Å². The number of urea groups is 1. The number of likely N-dealkylation sites (tertiary alicyclic amines) is 1. The molecule has 0 spiro atoms. The molecule has 2 saturated heterocycles. The molecule has 5 rings (SSSR count). The second kappa shape index (κ2) is 8.83. The van der Waals surface area contributed by atoms with Crippen molar-refractivity contribution in [1.29, 1.82) is 0 Å². The minimum atomic E-state index is -0.806. The van der Waals surface area contributed by atoms with Gasteiger partial charge in [-0.1, -0.05) is 6.07 Å². The average Bonchev–Trinajstić information content (AvgIpc) is 3.55. The van der Waals surface area contributed by atoms with Crippen molar-refractivity contribution in [3.63, 3.8) is 0 Å². The van der Waals surface area contributed by atoms with E-state index in [2.05, 4.69) is 5.32 Å². The highest BCUT2D eigenvalue weighted by Crippen LogP contribution is 2.34. The Morgan fingerprint density at radius 3 is 2.55 bits per heavy atom. The maximum absolute atomic E-state index is 12.7. The molecule has 33 heavy (non-hydrogen) atoms. The largest absolute Gasteiger partial charge is 0.454 e. The van der Waals surface area contributed by atoms with Gasteiger partial charge in [0.05, 0.1) is 13.2 Å². The molecule has 0 bridgehead atoms. The van der Waals surface area contributed by atoms with Crippen molar-refractivity contribution in [1.82, 2.24) is 14.7 Å². The second-order valence-electron chi connectivity index (χ2n) is 8.08. The lowest BCUT2D eigenvalue weighted by Gasteiger charge is -2.32. The minimum Gasteiger partial charge on any atom is -0.454 e. The average molecular weight is 471 g/mol. The summed E-state index contributed by atoms with van der Waals surface area (Å²) in [6, 6.07) is 8.31. The molecule has 2 fully saturated rings. The number of ether oxygens (including phenoxy) is 2. The number of hydrogen-bond donors (Lipinski definition) is 1. The van der Waals surface area contributed by atoms with Crippen LogP contribution in [0.25, 0.3) is 0 Å². The fourth-order valence-corrected chi connectivity index (χ4v) is 4.82. The third-order valence-corrected chi connectivity index (χ3v) is 6.83. The van der Waals surface area contributed by atoms with Gasteiger partial charge in [-0.15, -0.1) is 11.3 Å². The number of rotatable bonds is 6. The molecule has 10 nitrogen and oxygen atoms in total. The predicted octanol–water partition coefficient (Wildman–Crippen LogP) is 2.08. The van der Waals surface area contributed by atoms with Gasteiger partial charge in [-0.3, -0.25) is 24.2 Å². The number of thiophene rings is 1. The first-order chi connectivity index (χ1) is 16.0. The Morgan fingerprint density at radius 2 is 1.79 bits per heavy atom. The van der Waals surface area contributed by atoms with Gasteiger partial charge in [-0.25, -0.2) is 9.69 Å². The van der Waals surface area contributed by atoms with Crippen LogP contribution in [0.3, 0.4) is 0 Å². The summed E-state index contributed by atoms with van der Waals surface area (Å²) in [4.78, 5) is 54.8. The van der Waals surface area contributed by atoms with Gasteiger partial charge in [-0.2, -0.15) is 0 Å². The predicted molar refractivity (Wildman–Crippen MR) is 117 cm³/mol. The van der Waals surface area contributed by atoms with Crippen LogP contribution in [-0.2, 0) is 20.9 Å². The number of imide groups is 2. The summed E-state index contributed by atoms with van der Waals surface area (Å²) in [5.74, 6) is -0.622. The molecule has 0 aliphatic carbocycles. The topological polar surface area (TPSA) is 108 Å². The molecular weight excluding hydrogens is 448 g/mol. The Hall–Kier alpha value is -3.44. The van der Waals surface area contributed by atoms with Crippen LogP contribution in [-0.4, -0.2) is 65.0 Å². The Balaban J connectivity index is 1.13. The summed E-state index contributed by atoms with van der Waals surface area (Å²) in [5.41, 5.74) is 0.643. The second-order valence-corrected chi connectivity index (χ2v) is 9.11. The summed E-state index contributed by atoms with van der Waals surface area (Å²) in [7, 11) is 0. The number of amides is 5. The van der Waals surface area contributed by atoms with E-state index in [0.717, 1.165) is 14.7 Å². The molecule has 3 aliphatic heterocycles. The van der Waals surface area contributed by atoms with Gasteiger partial charge in [0.25, 0.3) is 0 Å². The van der Waals surface area contributed by atoms with Gasteiger partial charge in [0.2, 0.25) is 12.7 Å². The fourth-order valence-electron chi connectivity index (χ4n) is 4.13. The van der Waals surface area contributed by atoms with Crippen molar-refractivity contribution in [2.45, 2.75) is 19.4 Å². The molecule has 0 saturated carbocycles. The van der Waals surface area contributed by atoms with Crippen LogP contribution < -0.4 is 14.8 Å². The smallest absolute Gasteiger partial charge is 0.335 e. The van der Waals surface area contributed by atoms with E-state index in [0.29, 0.717) is 43.1 Å². The lowest BCUT2D eigenvalue weighted by molar-refractivity contribution is -0.144. The zero-order chi connectivity index (χ0) is 22.9. The molecule has 0 radical (unpaired) electrons. The van der Waals surface area contributed by atoms with E-state index in [-0.39, 0.29) is 31.8 Å². The maximum atomic E-state index is 12.7. The summed E-state index contributed by atoms with van der Waals surface area (Å²) < 4.78 is 10.6. The monoisotopic (exact) mass is 470 g/mol. The molecule has 3 aliphatic rings. The Kier molecular flexibility index (Phi) is 5.73. The molecule has 1 aromatic carbocycles. The number of piperidine rings is 1. The third-order valence-electron chi connectivity index (χ3n) is 5.97. The van der Waals surface area contributed by atoms with Crippen molar-refractivity contribution >= 4 is 40.8 Å². The number of fused-ring (bicyclic) bond motifs is 1. The number of nitrogens with one attached hydrogen (secondary N) is 1. The van der Waals surface area contributed by atoms with Crippen LogP contribution >= 0.6 is 11.3 Å². The SMILES string of the molecule is O=C(Nc1ccc2c(c1)OCO2)C1CCN(CN2C(=O)C(=O)N(Cc3cccs3)C2=O)CC1. The number of hydrogen-bond acceptors (Lipinski definition) is 8. The summed E-state index contributed by atoms with van der Waals surface area (Å²) in [5, 5.41) is 4.77. The van der Waals surface area contributed by atoms with E-state index in [9.17, 15) is 19.2 Å². The Labute approximate surface area is 193 Å². The first-order valence-electron chi connectivity index (χ1n) is 10.6. The van der Waals surface area contributed by atoms with Crippen molar-refractivity contribution < 1.29 is 28.7 Å². The quantitative estimate of drug-likeness (QED) is 0.509. The summed E-state index contributed by atoms with van der Waals surface area (Å²) in [6.45, 7) is 1.38. The molecule has 1 N–H and O–H groups in total. The van der Waals surface area contributed by atoms with Crippen LogP contribution in [0.1, 0.15) is 17.7 Å². The van der Waals surface area contributed by atoms with Crippen LogP contribution in [0, 0.1) is 5.92 Å². The van der Waals surface area contributed by atoms with Gasteiger partial charge < -0.3 is 14.8 Å². The van der Waals surface area contributed by atoms with E-state index in [1.54, 1.807) is 18.2 Å². The van der Waals surface area contributed by atoms with Crippen molar-refractivity contribution in [2.24, 2.45) is 5.92 Å². The van der Waals surface area contributed by atoms with Crippen LogP contribution in [0.2, 0.25) is 0 Å². The zero-order valence-electron chi connectivity index (χ0n) is 17.7. The van der Waals surface area contributed by atoms with Gasteiger partial charge in [0.1, 0.15) is 0 Å². The highest BCUT2D eigenvalue weighted by Gasteiger charge is 2.45. The van der Waals surface area contributed by atoms with Crippen LogP contribution in [0.5, 0.6) is 11.5 Å². The third kappa shape index (κ3) is 4.29. The molecule has 4 heterocycles. The first-order valence-corrected chi connectivity index (χ1v) is 11.5. The van der Waals surface area contributed by atoms with Crippen molar-refractivity contribution in [2.75, 3.05) is 31.9 Å². The van der Waals surface area contributed by atoms with Gasteiger partial charge in [0, 0.05) is 35.6 Å². The molecular formula is C22H22N4O6S. The van der Waals surface area contributed by atoms with E-state index in [4.69, 9.17) is 9.47 Å². The molecule has 0 unspecified atom stereocenters. The first kappa shape index (κ1) is 21.4. The number of benzene rings is 1. The van der Waals surface area contributed by atoms with Crippen molar-refractivity contribution in [3.8, 4) is 11.5 Å². The molecule has 1 aromatic heterocycles. The Morgan fingerprint density at radius 1 is 1.03 bits per heavy atom. The Bertz CT molecular complexity index is 1100. The van der Waals surface area contributed by atoms with Crippen molar-refractivity contribution in [3.05, 3.63) is 40.6 Å². The summed E-state index contributed by atoms with van der Waals surface area (Å²) in [6.07, 6.45) is 1.17. The minimum absolute atomic E-state index is 0.0425. The molecule has 0 atom stereocenters. The maximum Gasteiger partial charge on any atom is 0.335 e. The number of carbonyl (C=O) groups excluding carboxylic acids is 4. The van der Waals surface area contributed by atoms with Crippen LogP contribution in [0.4, 0.5) is 10.5 Å². The van der Waals surface area contributed by atoms with E-state index < -0.39 is 17.8 Å². The van der Waals surface area contributed by atoms with Gasteiger partial charge in [-0.05, 0) is 36.4 Å². The number of anilines is 1. The highest BCUT2D eigenvalue weighted by molar-refractivity contribution is 7.09. The lowest BCUT2D eigenvalue weighted by atomic mass is 9.96. The summed E-state index contributed by atoms with van der Waals surface area (Å²) >= 11 is 1.42. The highest BCUT2D eigenvalue weighted by atomic mass is 32.1. The molecule has 5 amide bonds. The fraction of sp³-hybridized carbons (Fsp3) is 0.364. The molecule has 2 aromatic rings. The zero-order valence-corrected chi connectivity index (χ0v) is 18.5. The molecule has 172 valence electrons. The van der Waals surface area contributed by atoms with Crippen LogP contribution in [0.15, 0.2) is 35.7 Å². The van der Waals surface area contributed by atoms with Gasteiger partial charge >= 0.3 is 17.8 Å². The molecule has 11 heteroatoms. The van der Waals surface area contributed by atoms with E-state index in [1.165, 1.54) is 11.3 Å². The lowest BCUT2D eigenvalue weighted by Crippen LogP contribution is -2.46. The number of nitrogens with zero attached hydrogens (tertiary/aromatic N) is 3. The normalized spacial score (nSPS) is 19.0. The number of carbonyl (C=O) groups is 4. The standard InChI is InChI=1S/C22H22N4O6S/c27-19(23-15-3-4-17-18(10-15)32-13-31-17)14-5-7-24(8-6-14)12-26-21(29)20(28)25(22(26)30)11-16-2-1-9-33-16/h1-4,9-10,14H,5-8,11-13H2,(H,23,27). The van der Waals surface area contributed by atoms with E-state index in [1.807, 2.05) is 22.4 Å². The van der Waals surface area contributed by atoms with E-state index >= 15 is 0 Å².